The first-order valence-corrected chi connectivity index (χ1v) is 10.3. The number of sulfonamides is 1. The smallest absolute Gasteiger partial charge is 0.263 e. The van der Waals surface area contributed by atoms with E-state index in [2.05, 4.69) is 10.4 Å². The third-order valence-corrected chi connectivity index (χ3v) is 6.41. The number of amides is 1. The highest BCUT2D eigenvalue weighted by Crippen LogP contribution is 2.23. The molecule has 2 aromatic rings. The maximum absolute atomic E-state index is 13.0. The SMILES string of the molecule is COc1ccccc1CNC(=O)c1cn(C)nc1S(=O)(=O)N1CCCCC1. The minimum atomic E-state index is -3.80. The van der Waals surface area contributed by atoms with Gasteiger partial charge in [-0.1, -0.05) is 24.6 Å². The van der Waals surface area contributed by atoms with E-state index < -0.39 is 15.9 Å². The Morgan fingerprint density at radius 3 is 2.63 bits per heavy atom. The van der Waals surface area contributed by atoms with Gasteiger partial charge >= 0.3 is 0 Å². The van der Waals surface area contributed by atoms with Crippen LogP contribution in [0.1, 0.15) is 35.2 Å². The average molecular weight is 392 g/mol. The first-order valence-electron chi connectivity index (χ1n) is 8.87. The lowest BCUT2D eigenvalue weighted by Crippen LogP contribution is -2.37. The molecule has 0 saturated carbocycles. The Morgan fingerprint density at radius 2 is 1.93 bits per heavy atom. The standard InChI is InChI=1S/C18H24N4O4S/c1-21-13-15(17(23)19-12-14-8-4-5-9-16(14)26-2)18(20-21)27(24,25)22-10-6-3-7-11-22/h4-5,8-9,13H,3,6-7,10-12H2,1-2H3,(H,19,23). The fraction of sp³-hybridized carbons (Fsp3) is 0.444. The number of carbonyl (C=O) groups is 1. The van der Waals surface area contributed by atoms with E-state index in [-0.39, 0.29) is 17.1 Å². The lowest BCUT2D eigenvalue weighted by atomic mass is 10.2. The molecule has 8 nitrogen and oxygen atoms in total. The number of ether oxygens (including phenoxy) is 1. The molecule has 1 N–H and O–H groups in total. The van der Waals surface area contributed by atoms with E-state index in [1.165, 1.54) is 15.2 Å². The number of aryl methyl sites for hydroxylation is 1. The number of piperidine rings is 1. The molecule has 1 fully saturated rings. The Balaban J connectivity index is 1.81. The topological polar surface area (TPSA) is 93.5 Å². The number of hydrogen-bond donors (Lipinski definition) is 1. The minimum absolute atomic E-state index is 0.0537. The molecule has 1 aliphatic heterocycles. The van der Waals surface area contributed by atoms with Gasteiger partial charge in [-0.2, -0.15) is 9.40 Å². The maximum Gasteiger partial charge on any atom is 0.263 e. The summed E-state index contributed by atoms with van der Waals surface area (Å²) in [7, 11) is -0.633. The van der Waals surface area contributed by atoms with Crippen LogP contribution in [0, 0.1) is 0 Å². The zero-order chi connectivity index (χ0) is 19.4. The minimum Gasteiger partial charge on any atom is -0.496 e. The molecule has 1 aromatic carbocycles. The second-order valence-electron chi connectivity index (χ2n) is 6.48. The van der Waals surface area contributed by atoms with E-state index in [1.54, 1.807) is 20.2 Å². The first-order chi connectivity index (χ1) is 12.9. The van der Waals surface area contributed by atoms with Crippen molar-refractivity contribution in [3.8, 4) is 5.75 Å². The number of para-hydroxylation sites is 1. The normalized spacial score (nSPS) is 15.5. The van der Waals surface area contributed by atoms with Crippen molar-refractivity contribution in [2.24, 2.45) is 7.05 Å². The summed E-state index contributed by atoms with van der Waals surface area (Å²) in [4.78, 5) is 12.7. The molecule has 1 aromatic heterocycles. The number of aromatic nitrogens is 2. The Morgan fingerprint density at radius 1 is 1.22 bits per heavy atom. The van der Waals surface area contributed by atoms with E-state index in [9.17, 15) is 13.2 Å². The van der Waals surface area contributed by atoms with Gasteiger partial charge in [0.2, 0.25) is 5.03 Å². The molecule has 0 aliphatic carbocycles. The number of hydrogen-bond acceptors (Lipinski definition) is 5. The lowest BCUT2D eigenvalue weighted by molar-refractivity contribution is 0.0947. The third-order valence-electron chi connectivity index (χ3n) is 4.57. The summed E-state index contributed by atoms with van der Waals surface area (Å²) in [5.41, 5.74) is 0.857. The molecule has 1 amide bonds. The van der Waals surface area contributed by atoms with E-state index in [1.807, 2.05) is 18.2 Å². The van der Waals surface area contributed by atoms with Crippen molar-refractivity contribution < 1.29 is 17.9 Å². The first kappa shape index (κ1) is 19.4. The van der Waals surface area contributed by atoms with Crippen molar-refractivity contribution in [2.75, 3.05) is 20.2 Å². The molecule has 0 spiro atoms. The second kappa shape index (κ2) is 8.10. The summed E-state index contributed by atoms with van der Waals surface area (Å²) in [6.07, 6.45) is 4.09. The van der Waals surface area contributed by atoms with Crippen LogP contribution in [-0.2, 0) is 23.6 Å². The van der Waals surface area contributed by atoms with Crippen molar-refractivity contribution >= 4 is 15.9 Å². The van der Waals surface area contributed by atoms with E-state index in [4.69, 9.17) is 4.74 Å². The van der Waals surface area contributed by atoms with Crippen LogP contribution in [0.3, 0.4) is 0 Å². The number of benzene rings is 1. The predicted octanol–water partition coefficient (Wildman–Crippen LogP) is 1.53. The summed E-state index contributed by atoms with van der Waals surface area (Å²) in [5, 5.41) is 6.64. The van der Waals surface area contributed by atoms with Crippen molar-refractivity contribution in [2.45, 2.75) is 30.8 Å². The summed E-state index contributed by atoms with van der Waals surface area (Å²) in [6, 6.07) is 7.33. The van der Waals surface area contributed by atoms with Gasteiger partial charge in [-0.3, -0.25) is 9.48 Å². The highest BCUT2D eigenvalue weighted by molar-refractivity contribution is 7.89. The molecule has 0 unspecified atom stereocenters. The zero-order valence-electron chi connectivity index (χ0n) is 15.5. The Hall–Kier alpha value is -2.39. The van der Waals surface area contributed by atoms with Crippen molar-refractivity contribution in [3.63, 3.8) is 0 Å². The summed E-state index contributed by atoms with van der Waals surface area (Å²) in [5.74, 6) is 0.176. The molecule has 146 valence electrons. The van der Waals surface area contributed by atoms with Gasteiger partial charge < -0.3 is 10.1 Å². The van der Waals surface area contributed by atoms with Gasteiger partial charge in [0.25, 0.3) is 15.9 Å². The Bertz CT molecular complexity index is 917. The zero-order valence-corrected chi connectivity index (χ0v) is 16.3. The van der Waals surface area contributed by atoms with Crippen LogP contribution < -0.4 is 10.1 Å². The van der Waals surface area contributed by atoms with Gasteiger partial charge in [-0.25, -0.2) is 8.42 Å². The molecule has 9 heteroatoms. The number of nitrogens with zero attached hydrogens (tertiary/aromatic N) is 3. The summed E-state index contributed by atoms with van der Waals surface area (Å²) < 4.78 is 33.9. The van der Waals surface area contributed by atoms with Gasteiger partial charge in [-0.15, -0.1) is 0 Å². The molecule has 2 heterocycles. The molecule has 1 aliphatic rings. The Kier molecular flexibility index (Phi) is 5.81. The fourth-order valence-corrected chi connectivity index (χ4v) is 4.80. The molecular weight excluding hydrogens is 368 g/mol. The molecule has 1 saturated heterocycles. The van der Waals surface area contributed by atoms with Crippen molar-refractivity contribution in [1.29, 1.82) is 0 Å². The van der Waals surface area contributed by atoms with E-state index in [0.29, 0.717) is 18.8 Å². The average Bonchev–Trinajstić information content (AvgIpc) is 3.09. The number of carbonyl (C=O) groups excluding carboxylic acids is 1. The molecule has 0 bridgehead atoms. The number of nitrogens with one attached hydrogen (secondary N) is 1. The summed E-state index contributed by atoms with van der Waals surface area (Å²) >= 11 is 0. The largest absolute Gasteiger partial charge is 0.496 e. The van der Waals surface area contributed by atoms with Gasteiger partial charge in [0, 0.05) is 38.4 Å². The van der Waals surface area contributed by atoms with Crippen molar-refractivity contribution in [3.05, 3.63) is 41.6 Å². The number of methoxy groups -OCH3 is 1. The molecule has 3 rings (SSSR count). The number of rotatable bonds is 6. The van der Waals surface area contributed by atoms with Crippen LogP contribution in [0.25, 0.3) is 0 Å². The monoisotopic (exact) mass is 392 g/mol. The predicted molar refractivity (Wildman–Crippen MR) is 100.0 cm³/mol. The van der Waals surface area contributed by atoms with Crippen LogP contribution in [-0.4, -0.2) is 48.6 Å². The van der Waals surface area contributed by atoms with Gasteiger partial charge in [0.15, 0.2) is 0 Å². The highest BCUT2D eigenvalue weighted by Gasteiger charge is 2.33. The Labute approximate surface area is 159 Å². The highest BCUT2D eigenvalue weighted by atomic mass is 32.2. The molecular formula is C18H24N4O4S. The molecule has 27 heavy (non-hydrogen) atoms. The van der Waals surface area contributed by atoms with Crippen LogP contribution in [0.2, 0.25) is 0 Å². The molecule has 0 radical (unpaired) electrons. The van der Waals surface area contributed by atoms with Gasteiger partial charge in [-0.05, 0) is 18.9 Å². The van der Waals surface area contributed by atoms with E-state index in [0.717, 1.165) is 24.8 Å². The second-order valence-corrected chi connectivity index (χ2v) is 8.33. The third kappa shape index (κ3) is 4.14. The lowest BCUT2D eigenvalue weighted by Gasteiger charge is -2.25. The van der Waals surface area contributed by atoms with Gasteiger partial charge in [0.1, 0.15) is 5.75 Å². The van der Waals surface area contributed by atoms with Crippen LogP contribution >= 0.6 is 0 Å². The quantitative estimate of drug-likeness (QED) is 0.805. The maximum atomic E-state index is 13.0. The van der Waals surface area contributed by atoms with Gasteiger partial charge in [0.05, 0.1) is 12.7 Å². The van der Waals surface area contributed by atoms with Crippen LogP contribution in [0.4, 0.5) is 0 Å². The van der Waals surface area contributed by atoms with E-state index >= 15 is 0 Å². The van der Waals surface area contributed by atoms with Crippen LogP contribution in [0.15, 0.2) is 35.5 Å². The fourth-order valence-electron chi connectivity index (χ4n) is 3.16. The summed E-state index contributed by atoms with van der Waals surface area (Å²) in [6.45, 7) is 1.14. The van der Waals surface area contributed by atoms with Crippen molar-refractivity contribution in [1.82, 2.24) is 19.4 Å². The molecule has 0 atom stereocenters. The van der Waals surface area contributed by atoms with Crippen LogP contribution in [0.5, 0.6) is 5.75 Å².